The van der Waals surface area contributed by atoms with Crippen LogP contribution in [0.3, 0.4) is 0 Å². The maximum atomic E-state index is 12.3. The maximum Gasteiger partial charge on any atom is 0.325 e. The Labute approximate surface area is 180 Å². The summed E-state index contributed by atoms with van der Waals surface area (Å²) in [7, 11) is 0. The highest BCUT2D eigenvalue weighted by atomic mass is 32.1. The molecule has 0 saturated heterocycles. The number of nitrogens with zero attached hydrogens (tertiary/aromatic N) is 2. The second-order valence-electron chi connectivity index (χ2n) is 6.47. The van der Waals surface area contributed by atoms with Crippen molar-refractivity contribution >= 4 is 50.0 Å². The van der Waals surface area contributed by atoms with Crippen LogP contribution in [0.4, 0.5) is 21.3 Å². The number of urea groups is 1. The summed E-state index contributed by atoms with van der Waals surface area (Å²) in [4.78, 5) is 28.8. The van der Waals surface area contributed by atoms with Crippen molar-refractivity contribution in [3.8, 4) is 11.8 Å². The number of benzene rings is 3. The highest BCUT2D eigenvalue weighted by Gasteiger charge is 2.10. The number of aromatic nitrogens is 1. The molecule has 1 aromatic heterocycles. The summed E-state index contributed by atoms with van der Waals surface area (Å²) in [6.07, 6.45) is 0. The molecule has 9 heteroatoms. The van der Waals surface area contributed by atoms with Crippen molar-refractivity contribution in [1.29, 1.82) is 5.26 Å². The second-order valence-corrected chi connectivity index (χ2v) is 7.50. The fourth-order valence-electron chi connectivity index (χ4n) is 2.80. The van der Waals surface area contributed by atoms with Gasteiger partial charge in [-0.3, -0.25) is 10.1 Å². The summed E-state index contributed by atoms with van der Waals surface area (Å²) < 4.78 is 0.760. The van der Waals surface area contributed by atoms with E-state index in [-0.39, 0.29) is 11.7 Å². The quantitative estimate of drug-likeness (QED) is 0.372. The van der Waals surface area contributed by atoms with Crippen LogP contribution in [0.1, 0.15) is 15.9 Å². The number of amides is 3. The van der Waals surface area contributed by atoms with Crippen LogP contribution in [0.2, 0.25) is 0 Å². The van der Waals surface area contributed by atoms with E-state index in [4.69, 9.17) is 5.26 Å². The molecule has 0 spiro atoms. The number of rotatable bonds is 4. The molecule has 0 unspecified atom stereocenters. The van der Waals surface area contributed by atoms with Crippen LogP contribution in [0.5, 0.6) is 5.75 Å². The van der Waals surface area contributed by atoms with Gasteiger partial charge in [-0.15, -0.1) is 0 Å². The Morgan fingerprint density at radius 2 is 1.68 bits per heavy atom. The second kappa shape index (κ2) is 8.52. The molecule has 0 aliphatic heterocycles. The van der Waals surface area contributed by atoms with Gasteiger partial charge in [0.05, 0.1) is 21.8 Å². The summed E-state index contributed by atoms with van der Waals surface area (Å²) in [6.45, 7) is 0. The van der Waals surface area contributed by atoms with E-state index in [9.17, 15) is 14.7 Å². The van der Waals surface area contributed by atoms with Crippen LogP contribution < -0.4 is 16.0 Å². The zero-order valence-corrected chi connectivity index (χ0v) is 16.7. The van der Waals surface area contributed by atoms with Gasteiger partial charge in [0.2, 0.25) is 0 Å². The number of carbonyl (C=O) groups excluding carboxylic acids is 2. The predicted octanol–water partition coefficient (Wildman–Crippen LogP) is 4.77. The van der Waals surface area contributed by atoms with E-state index >= 15 is 0 Å². The third-order valence-corrected chi connectivity index (χ3v) is 5.18. The lowest BCUT2D eigenvalue weighted by molar-refractivity contribution is 0.102. The average Bonchev–Trinajstić information content (AvgIpc) is 3.16. The SMILES string of the molecule is N#Cc1cccc(C(=O)Nc2ccc(NC(=O)Nc3nc4ccc(O)cc4s3)cc2)c1. The van der Waals surface area contributed by atoms with Crippen LogP contribution in [0, 0.1) is 11.3 Å². The molecule has 4 rings (SSSR count). The Balaban J connectivity index is 1.36. The topological polar surface area (TPSA) is 127 Å². The van der Waals surface area contributed by atoms with E-state index in [0.717, 1.165) is 4.70 Å². The third-order valence-electron chi connectivity index (χ3n) is 4.25. The van der Waals surface area contributed by atoms with Crippen LogP contribution in [-0.4, -0.2) is 22.0 Å². The highest BCUT2D eigenvalue weighted by molar-refractivity contribution is 7.22. The van der Waals surface area contributed by atoms with Gasteiger partial charge in [0.1, 0.15) is 5.75 Å². The van der Waals surface area contributed by atoms with Crippen LogP contribution in [0.15, 0.2) is 66.7 Å². The lowest BCUT2D eigenvalue weighted by Gasteiger charge is -2.08. The van der Waals surface area contributed by atoms with Gasteiger partial charge in [0.15, 0.2) is 5.13 Å². The van der Waals surface area contributed by atoms with Crippen LogP contribution in [0.25, 0.3) is 10.2 Å². The Morgan fingerprint density at radius 3 is 2.42 bits per heavy atom. The monoisotopic (exact) mass is 429 g/mol. The van der Waals surface area contributed by atoms with E-state index in [1.807, 2.05) is 6.07 Å². The number of hydrogen-bond acceptors (Lipinski definition) is 6. The van der Waals surface area contributed by atoms with Gasteiger partial charge >= 0.3 is 6.03 Å². The maximum absolute atomic E-state index is 12.3. The van der Waals surface area contributed by atoms with Crippen molar-refractivity contribution in [2.45, 2.75) is 0 Å². The molecule has 4 N–H and O–H groups in total. The van der Waals surface area contributed by atoms with E-state index in [2.05, 4.69) is 20.9 Å². The number of thiazole rings is 1. The molecule has 0 aliphatic carbocycles. The molecule has 0 atom stereocenters. The zero-order valence-electron chi connectivity index (χ0n) is 15.9. The Hall–Kier alpha value is -4.42. The summed E-state index contributed by atoms with van der Waals surface area (Å²) in [5.74, 6) is -0.200. The lowest BCUT2D eigenvalue weighted by Crippen LogP contribution is -2.19. The van der Waals surface area contributed by atoms with E-state index < -0.39 is 6.03 Å². The summed E-state index contributed by atoms with van der Waals surface area (Å²) in [5, 5.41) is 27.0. The lowest BCUT2D eigenvalue weighted by atomic mass is 10.1. The number of hydrogen-bond donors (Lipinski definition) is 4. The molecule has 4 aromatic rings. The number of nitriles is 1. The Morgan fingerprint density at radius 1 is 0.935 bits per heavy atom. The van der Waals surface area contributed by atoms with Crippen LogP contribution >= 0.6 is 11.3 Å². The van der Waals surface area contributed by atoms with Gasteiger partial charge in [-0.25, -0.2) is 9.78 Å². The normalized spacial score (nSPS) is 10.3. The molecular formula is C22H15N5O3S. The first-order valence-corrected chi connectivity index (χ1v) is 9.91. The number of phenols is 1. The van der Waals surface area contributed by atoms with Crippen molar-refractivity contribution in [3.63, 3.8) is 0 Å². The molecule has 3 amide bonds. The molecule has 0 saturated carbocycles. The van der Waals surface area contributed by atoms with Crippen molar-refractivity contribution in [2.75, 3.05) is 16.0 Å². The number of anilines is 3. The van der Waals surface area contributed by atoms with E-state index in [0.29, 0.717) is 33.1 Å². The van der Waals surface area contributed by atoms with Crippen molar-refractivity contribution in [2.24, 2.45) is 0 Å². The van der Waals surface area contributed by atoms with Gasteiger partial charge in [0.25, 0.3) is 5.91 Å². The van der Waals surface area contributed by atoms with Gasteiger partial charge in [-0.1, -0.05) is 17.4 Å². The number of phenolic OH excluding ortho intramolecular Hbond substituents is 1. The van der Waals surface area contributed by atoms with Crippen LogP contribution in [-0.2, 0) is 0 Å². The third kappa shape index (κ3) is 4.77. The Kier molecular flexibility index (Phi) is 5.47. The van der Waals surface area contributed by atoms with E-state index in [1.54, 1.807) is 54.6 Å². The minimum Gasteiger partial charge on any atom is -0.508 e. The smallest absolute Gasteiger partial charge is 0.325 e. The van der Waals surface area contributed by atoms with Crippen molar-refractivity contribution < 1.29 is 14.7 Å². The summed E-state index contributed by atoms with van der Waals surface area (Å²) >= 11 is 1.25. The molecule has 152 valence electrons. The van der Waals surface area contributed by atoms with Gasteiger partial charge < -0.3 is 15.7 Å². The minimum absolute atomic E-state index is 0.136. The molecule has 0 bridgehead atoms. The first-order chi connectivity index (χ1) is 15.0. The molecule has 0 radical (unpaired) electrons. The fraction of sp³-hybridized carbons (Fsp3) is 0. The average molecular weight is 429 g/mol. The number of fused-ring (bicyclic) bond motifs is 1. The standard InChI is InChI=1S/C22H15N5O3S/c23-12-13-2-1-3-14(10-13)20(29)24-15-4-6-16(7-5-15)25-21(30)27-22-26-18-9-8-17(28)11-19(18)31-22/h1-11,28H,(H,24,29)(H2,25,26,27,30). The van der Waals surface area contributed by atoms with Gasteiger partial charge in [-0.2, -0.15) is 5.26 Å². The first-order valence-electron chi connectivity index (χ1n) is 9.09. The molecule has 0 aliphatic rings. The highest BCUT2D eigenvalue weighted by Crippen LogP contribution is 2.28. The Bertz CT molecular complexity index is 1330. The number of nitrogens with one attached hydrogen (secondary N) is 3. The fourth-order valence-corrected chi connectivity index (χ4v) is 3.69. The van der Waals surface area contributed by atoms with Crippen molar-refractivity contribution in [1.82, 2.24) is 4.98 Å². The molecule has 0 fully saturated rings. The number of aromatic hydroxyl groups is 1. The van der Waals surface area contributed by atoms with Gasteiger partial charge in [-0.05, 0) is 60.7 Å². The molecule has 3 aromatic carbocycles. The largest absolute Gasteiger partial charge is 0.508 e. The van der Waals surface area contributed by atoms with E-state index in [1.165, 1.54) is 23.5 Å². The molecular weight excluding hydrogens is 414 g/mol. The molecule has 31 heavy (non-hydrogen) atoms. The van der Waals surface area contributed by atoms with Gasteiger partial charge in [0, 0.05) is 16.9 Å². The summed E-state index contributed by atoms with van der Waals surface area (Å²) in [5.41, 5.74) is 2.54. The first kappa shape index (κ1) is 19.9. The summed E-state index contributed by atoms with van der Waals surface area (Å²) in [6, 6.07) is 19.3. The zero-order chi connectivity index (χ0) is 21.8. The van der Waals surface area contributed by atoms with Crippen molar-refractivity contribution in [3.05, 3.63) is 77.9 Å². The minimum atomic E-state index is -0.464. The molecule has 8 nitrogen and oxygen atoms in total. The molecule has 1 heterocycles. The predicted molar refractivity (Wildman–Crippen MR) is 119 cm³/mol. The number of carbonyl (C=O) groups is 2.